The monoisotopic (exact) mass is 362 g/mol. The van der Waals surface area contributed by atoms with Crippen LogP contribution >= 0.6 is 0 Å². The molecule has 0 aliphatic carbocycles. The zero-order chi connectivity index (χ0) is 18.2. The van der Waals surface area contributed by atoms with E-state index in [0.29, 0.717) is 36.1 Å². The van der Waals surface area contributed by atoms with E-state index >= 15 is 0 Å². The van der Waals surface area contributed by atoms with Gasteiger partial charge in [0.25, 0.3) is 5.89 Å². The van der Waals surface area contributed by atoms with Gasteiger partial charge in [0, 0.05) is 5.56 Å². The van der Waals surface area contributed by atoms with Crippen molar-refractivity contribution < 1.29 is 13.7 Å². The average molecular weight is 362 g/mol. The number of imidazole rings is 1. The largest absolute Gasteiger partial charge is 0.365 e. The van der Waals surface area contributed by atoms with Crippen molar-refractivity contribution in [3.8, 4) is 23.0 Å². The van der Waals surface area contributed by atoms with E-state index in [1.807, 2.05) is 18.2 Å². The number of hydrogen-bond donors (Lipinski definition) is 0. The number of halogens is 1. The molecule has 3 heterocycles. The molecule has 7 heteroatoms. The van der Waals surface area contributed by atoms with Crippen LogP contribution < -0.4 is 0 Å². The van der Waals surface area contributed by atoms with Crippen molar-refractivity contribution in [1.29, 1.82) is 0 Å². The van der Waals surface area contributed by atoms with Crippen molar-refractivity contribution in [2.75, 3.05) is 0 Å². The Morgan fingerprint density at radius 2 is 1.85 bits per heavy atom. The highest BCUT2D eigenvalue weighted by Gasteiger charge is 2.26. The van der Waals surface area contributed by atoms with Crippen LogP contribution in [0.15, 0.2) is 65.4 Å². The van der Waals surface area contributed by atoms with E-state index < -0.39 is 0 Å². The van der Waals surface area contributed by atoms with E-state index in [1.165, 1.54) is 12.1 Å². The normalized spacial score (nSPS) is 16.3. The number of aromatic nitrogens is 4. The number of hydrogen-bond acceptors (Lipinski definition) is 5. The van der Waals surface area contributed by atoms with E-state index in [2.05, 4.69) is 31.8 Å². The van der Waals surface area contributed by atoms with Crippen LogP contribution in [0, 0.1) is 5.82 Å². The molecule has 0 saturated heterocycles. The minimum Gasteiger partial charge on any atom is -0.365 e. The molecule has 0 bridgehead atoms. The summed E-state index contributed by atoms with van der Waals surface area (Å²) in [6.45, 7) is 1.08. The lowest BCUT2D eigenvalue weighted by Gasteiger charge is -2.25. The molecule has 1 atom stereocenters. The summed E-state index contributed by atoms with van der Waals surface area (Å²) in [5, 5.41) is 3.98. The van der Waals surface area contributed by atoms with Crippen molar-refractivity contribution in [2.45, 2.75) is 19.3 Å². The van der Waals surface area contributed by atoms with Crippen LogP contribution in [0.4, 0.5) is 4.39 Å². The highest BCUT2D eigenvalue weighted by molar-refractivity contribution is 5.59. The second kappa shape index (κ2) is 6.44. The first kappa shape index (κ1) is 15.9. The maximum absolute atomic E-state index is 13.1. The highest BCUT2D eigenvalue weighted by atomic mass is 19.1. The van der Waals surface area contributed by atoms with Crippen LogP contribution in [0.25, 0.3) is 23.0 Å². The molecule has 1 aliphatic rings. The smallest absolute Gasteiger partial charge is 0.278 e. The molecule has 134 valence electrons. The molecule has 1 unspecified atom stereocenters. The third kappa shape index (κ3) is 2.92. The molecule has 0 spiro atoms. The van der Waals surface area contributed by atoms with Crippen molar-refractivity contribution in [1.82, 2.24) is 19.7 Å². The summed E-state index contributed by atoms with van der Waals surface area (Å²) < 4.78 is 26.5. The van der Waals surface area contributed by atoms with Gasteiger partial charge in [0.05, 0.1) is 25.2 Å². The number of ether oxygens (including phenoxy) is 1. The summed E-state index contributed by atoms with van der Waals surface area (Å²) in [4.78, 5) is 8.85. The second-order valence-electron chi connectivity index (χ2n) is 6.33. The van der Waals surface area contributed by atoms with Gasteiger partial charge in [-0.25, -0.2) is 9.37 Å². The van der Waals surface area contributed by atoms with Gasteiger partial charge in [-0.05, 0) is 29.8 Å². The molecular weight excluding hydrogens is 347 g/mol. The Morgan fingerprint density at radius 3 is 2.67 bits per heavy atom. The lowest BCUT2D eigenvalue weighted by molar-refractivity contribution is 0.00330. The standard InChI is InChI=1S/C20H15FN4O2/c21-15-8-6-14(7-9-15)19-23-20(27-24-19)18-16-11-26-17(10-25(16)12-22-18)13-4-2-1-3-5-13/h1-9,12,17H,10-11H2. The summed E-state index contributed by atoms with van der Waals surface area (Å²) in [7, 11) is 0. The summed E-state index contributed by atoms with van der Waals surface area (Å²) in [6, 6.07) is 16.1. The van der Waals surface area contributed by atoms with Gasteiger partial charge in [0.15, 0.2) is 5.69 Å². The minimum atomic E-state index is -0.309. The number of nitrogens with zero attached hydrogens (tertiary/aromatic N) is 4. The molecule has 1 aliphatic heterocycles. The SMILES string of the molecule is Fc1ccc(-c2noc(-c3ncn4c3COC(c3ccccc3)C4)n2)cc1. The maximum atomic E-state index is 13.1. The van der Waals surface area contributed by atoms with Crippen LogP contribution in [0.3, 0.4) is 0 Å². The Kier molecular flexibility index (Phi) is 3.79. The molecule has 27 heavy (non-hydrogen) atoms. The molecule has 0 radical (unpaired) electrons. The molecular formula is C20H15FN4O2. The van der Waals surface area contributed by atoms with Gasteiger partial charge in [-0.15, -0.1) is 0 Å². The molecule has 0 fully saturated rings. The molecule has 0 saturated carbocycles. The molecule has 2 aromatic carbocycles. The topological polar surface area (TPSA) is 66.0 Å². The van der Waals surface area contributed by atoms with Crippen LogP contribution in [-0.2, 0) is 17.9 Å². The number of benzene rings is 2. The predicted octanol–water partition coefficient (Wildman–Crippen LogP) is 4.01. The average Bonchev–Trinajstić information content (AvgIpc) is 3.35. The predicted molar refractivity (Wildman–Crippen MR) is 94.9 cm³/mol. The van der Waals surface area contributed by atoms with E-state index in [-0.39, 0.29) is 11.9 Å². The fraction of sp³-hybridized carbons (Fsp3) is 0.150. The van der Waals surface area contributed by atoms with Gasteiger partial charge in [0.1, 0.15) is 11.9 Å². The Bertz CT molecular complexity index is 1070. The van der Waals surface area contributed by atoms with Crippen molar-refractivity contribution in [2.24, 2.45) is 0 Å². The zero-order valence-electron chi connectivity index (χ0n) is 14.2. The highest BCUT2D eigenvalue weighted by Crippen LogP contribution is 2.31. The molecule has 2 aromatic heterocycles. The van der Waals surface area contributed by atoms with Gasteiger partial charge in [-0.1, -0.05) is 35.5 Å². The van der Waals surface area contributed by atoms with E-state index in [9.17, 15) is 4.39 Å². The van der Waals surface area contributed by atoms with Crippen molar-refractivity contribution in [3.05, 3.63) is 78.0 Å². The second-order valence-corrected chi connectivity index (χ2v) is 6.33. The quantitative estimate of drug-likeness (QED) is 0.551. The summed E-state index contributed by atoms with van der Waals surface area (Å²) in [5.74, 6) is 0.409. The Morgan fingerprint density at radius 1 is 1.04 bits per heavy atom. The molecule has 5 rings (SSSR count). The van der Waals surface area contributed by atoms with E-state index in [0.717, 1.165) is 11.3 Å². The van der Waals surface area contributed by atoms with Gasteiger partial charge in [-0.3, -0.25) is 0 Å². The van der Waals surface area contributed by atoms with Crippen molar-refractivity contribution >= 4 is 0 Å². The maximum Gasteiger partial charge on any atom is 0.278 e. The molecule has 0 N–H and O–H groups in total. The van der Waals surface area contributed by atoms with Crippen LogP contribution in [-0.4, -0.2) is 19.7 Å². The fourth-order valence-electron chi connectivity index (χ4n) is 3.21. The van der Waals surface area contributed by atoms with Gasteiger partial charge >= 0.3 is 0 Å². The summed E-state index contributed by atoms with van der Waals surface area (Å²) in [6.07, 6.45) is 1.75. The number of fused-ring (bicyclic) bond motifs is 1. The lowest BCUT2D eigenvalue weighted by atomic mass is 10.1. The Labute approximate surface area is 154 Å². The van der Waals surface area contributed by atoms with Gasteiger partial charge in [0.2, 0.25) is 5.82 Å². The first-order valence-corrected chi connectivity index (χ1v) is 8.58. The lowest BCUT2D eigenvalue weighted by Crippen LogP contribution is -2.20. The first-order chi connectivity index (χ1) is 13.3. The fourth-order valence-corrected chi connectivity index (χ4v) is 3.21. The summed E-state index contributed by atoms with van der Waals surface area (Å²) in [5.41, 5.74) is 3.33. The molecule has 6 nitrogen and oxygen atoms in total. The van der Waals surface area contributed by atoms with E-state index in [4.69, 9.17) is 9.26 Å². The third-order valence-corrected chi connectivity index (χ3v) is 4.63. The minimum absolute atomic E-state index is 0.0155. The Balaban J connectivity index is 1.42. The summed E-state index contributed by atoms with van der Waals surface area (Å²) >= 11 is 0. The molecule has 4 aromatic rings. The van der Waals surface area contributed by atoms with E-state index in [1.54, 1.807) is 18.5 Å². The zero-order valence-corrected chi connectivity index (χ0v) is 14.2. The molecule has 0 amide bonds. The Hall–Kier alpha value is -3.32. The van der Waals surface area contributed by atoms with Gasteiger partial charge in [-0.2, -0.15) is 4.98 Å². The first-order valence-electron chi connectivity index (χ1n) is 8.58. The number of rotatable bonds is 3. The third-order valence-electron chi connectivity index (χ3n) is 4.63. The van der Waals surface area contributed by atoms with Crippen LogP contribution in [0.5, 0.6) is 0 Å². The van der Waals surface area contributed by atoms with Gasteiger partial charge < -0.3 is 13.8 Å². The van der Waals surface area contributed by atoms with Crippen LogP contribution in [0.2, 0.25) is 0 Å². The van der Waals surface area contributed by atoms with Crippen LogP contribution in [0.1, 0.15) is 17.4 Å². The van der Waals surface area contributed by atoms with Crippen molar-refractivity contribution in [3.63, 3.8) is 0 Å².